The Morgan fingerprint density at radius 2 is 2.05 bits per heavy atom. The Kier molecular flexibility index (Phi) is 3.42. The van der Waals surface area contributed by atoms with E-state index >= 15 is 0 Å². The number of carbonyl (C=O) groups is 2. The summed E-state index contributed by atoms with van der Waals surface area (Å²) in [6.07, 6.45) is 3.01. The zero-order chi connectivity index (χ0) is 15.0. The van der Waals surface area contributed by atoms with Crippen LogP contribution in [0.4, 0.5) is 5.69 Å². The van der Waals surface area contributed by atoms with Gasteiger partial charge in [-0.25, -0.2) is 0 Å². The molecule has 2 aliphatic rings. The minimum absolute atomic E-state index is 0.0809. The SMILES string of the molecule is O=C1c2cccc([N+](=O)[O-])c2C(=O)N1CCCNC1CC1. The predicted molar refractivity (Wildman–Crippen MR) is 74.1 cm³/mol. The normalized spacial score (nSPS) is 17.2. The molecule has 1 aliphatic heterocycles. The quantitative estimate of drug-likeness (QED) is 0.369. The van der Waals surface area contributed by atoms with E-state index in [-0.39, 0.29) is 23.4 Å². The Balaban J connectivity index is 1.73. The van der Waals surface area contributed by atoms with Crippen LogP contribution >= 0.6 is 0 Å². The van der Waals surface area contributed by atoms with Crippen molar-refractivity contribution in [1.29, 1.82) is 0 Å². The number of nitro benzene ring substituents is 1. The molecule has 0 radical (unpaired) electrons. The van der Waals surface area contributed by atoms with Crippen molar-refractivity contribution in [1.82, 2.24) is 10.2 Å². The van der Waals surface area contributed by atoms with Gasteiger partial charge in [0.25, 0.3) is 17.5 Å². The first-order valence-corrected chi connectivity index (χ1v) is 6.96. The average molecular weight is 289 g/mol. The van der Waals surface area contributed by atoms with Gasteiger partial charge in [0.1, 0.15) is 5.56 Å². The smallest absolute Gasteiger partial charge is 0.282 e. The topological polar surface area (TPSA) is 92.5 Å². The van der Waals surface area contributed by atoms with Crippen LogP contribution in [-0.2, 0) is 0 Å². The molecular formula is C14H15N3O4. The summed E-state index contributed by atoms with van der Waals surface area (Å²) < 4.78 is 0. The molecule has 0 aromatic heterocycles. The minimum atomic E-state index is -0.623. The van der Waals surface area contributed by atoms with Crippen molar-refractivity contribution >= 4 is 17.5 Å². The highest BCUT2D eigenvalue weighted by Gasteiger charge is 2.40. The lowest BCUT2D eigenvalue weighted by Crippen LogP contribution is -2.32. The molecule has 0 bridgehead atoms. The lowest BCUT2D eigenvalue weighted by Gasteiger charge is -2.13. The van der Waals surface area contributed by atoms with Crippen LogP contribution in [-0.4, -0.2) is 40.8 Å². The van der Waals surface area contributed by atoms with Crippen molar-refractivity contribution in [2.75, 3.05) is 13.1 Å². The van der Waals surface area contributed by atoms with Crippen LogP contribution in [0.3, 0.4) is 0 Å². The molecule has 1 heterocycles. The fraction of sp³-hybridized carbons (Fsp3) is 0.429. The highest BCUT2D eigenvalue weighted by atomic mass is 16.6. The third kappa shape index (κ3) is 2.52. The van der Waals surface area contributed by atoms with Gasteiger partial charge in [0.05, 0.1) is 10.5 Å². The molecule has 21 heavy (non-hydrogen) atoms. The number of nitro groups is 1. The Morgan fingerprint density at radius 3 is 2.71 bits per heavy atom. The average Bonchev–Trinajstić information content (AvgIpc) is 3.25. The number of imide groups is 1. The zero-order valence-corrected chi connectivity index (χ0v) is 11.4. The molecule has 110 valence electrons. The summed E-state index contributed by atoms with van der Waals surface area (Å²) in [4.78, 5) is 35.9. The predicted octanol–water partition coefficient (Wildman–Crippen LogP) is 1.33. The molecule has 1 fully saturated rings. The maximum atomic E-state index is 12.3. The lowest BCUT2D eigenvalue weighted by molar-refractivity contribution is -0.385. The summed E-state index contributed by atoms with van der Waals surface area (Å²) >= 11 is 0. The molecule has 0 unspecified atom stereocenters. The summed E-state index contributed by atoms with van der Waals surface area (Å²) in [5.74, 6) is -1.00. The van der Waals surface area contributed by atoms with Crippen LogP contribution in [0.1, 0.15) is 40.0 Å². The first kappa shape index (κ1) is 13.7. The van der Waals surface area contributed by atoms with E-state index in [1.807, 2.05) is 0 Å². The third-order valence-corrected chi connectivity index (χ3v) is 3.74. The van der Waals surface area contributed by atoms with Gasteiger partial charge in [-0.2, -0.15) is 0 Å². The molecule has 2 amide bonds. The van der Waals surface area contributed by atoms with Gasteiger partial charge in [-0.15, -0.1) is 0 Å². The Labute approximate surface area is 121 Å². The van der Waals surface area contributed by atoms with E-state index in [1.165, 1.54) is 31.0 Å². The van der Waals surface area contributed by atoms with Gasteiger partial charge in [-0.1, -0.05) is 6.07 Å². The minimum Gasteiger partial charge on any atom is -0.314 e. The Morgan fingerprint density at radius 1 is 1.29 bits per heavy atom. The van der Waals surface area contributed by atoms with E-state index in [0.717, 1.165) is 11.4 Å². The number of benzene rings is 1. The highest BCUT2D eigenvalue weighted by Crippen LogP contribution is 2.30. The van der Waals surface area contributed by atoms with E-state index in [0.29, 0.717) is 12.5 Å². The number of hydrogen-bond donors (Lipinski definition) is 1. The number of carbonyl (C=O) groups excluding carboxylic acids is 2. The molecule has 1 saturated carbocycles. The number of hydrogen-bond acceptors (Lipinski definition) is 5. The summed E-state index contributed by atoms with van der Waals surface area (Å²) in [7, 11) is 0. The Hall–Kier alpha value is -2.28. The number of fused-ring (bicyclic) bond motifs is 1. The molecule has 0 spiro atoms. The monoisotopic (exact) mass is 289 g/mol. The zero-order valence-electron chi connectivity index (χ0n) is 11.4. The van der Waals surface area contributed by atoms with Gasteiger partial charge in [-0.3, -0.25) is 24.6 Å². The van der Waals surface area contributed by atoms with Crippen molar-refractivity contribution in [3.63, 3.8) is 0 Å². The third-order valence-electron chi connectivity index (χ3n) is 3.74. The number of nitrogens with one attached hydrogen (secondary N) is 1. The molecule has 1 aliphatic carbocycles. The number of nitrogens with zero attached hydrogens (tertiary/aromatic N) is 2. The van der Waals surface area contributed by atoms with Crippen LogP contribution in [0.2, 0.25) is 0 Å². The van der Waals surface area contributed by atoms with Gasteiger partial charge in [-0.05, 0) is 31.9 Å². The maximum Gasteiger partial charge on any atom is 0.282 e. The summed E-state index contributed by atoms with van der Waals surface area (Å²) in [5.41, 5.74) is -0.253. The van der Waals surface area contributed by atoms with E-state index < -0.39 is 16.7 Å². The maximum absolute atomic E-state index is 12.3. The van der Waals surface area contributed by atoms with Gasteiger partial charge in [0.2, 0.25) is 0 Å². The molecule has 1 N–H and O–H groups in total. The summed E-state index contributed by atoms with van der Waals surface area (Å²) in [5, 5.41) is 14.3. The fourth-order valence-corrected chi connectivity index (χ4v) is 2.50. The first-order valence-electron chi connectivity index (χ1n) is 6.96. The van der Waals surface area contributed by atoms with Crippen LogP contribution in [0.5, 0.6) is 0 Å². The number of rotatable bonds is 6. The van der Waals surface area contributed by atoms with Crippen molar-refractivity contribution < 1.29 is 14.5 Å². The lowest BCUT2D eigenvalue weighted by atomic mass is 10.1. The summed E-state index contributed by atoms with van der Waals surface area (Å²) in [6, 6.07) is 4.72. The van der Waals surface area contributed by atoms with Crippen LogP contribution in [0.15, 0.2) is 18.2 Å². The molecule has 1 aromatic carbocycles. The van der Waals surface area contributed by atoms with Crippen molar-refractivity contribution in [2.45, 2.75) is 25.3 Å². The molecule has 7 heteroatoms. The van der Waals surface area contributed by atoms with Gasteiger partial charge in [0, 0.05) is 18.7 Å². The standard InChI is InChI=1S/C14H15N3O4/c18-13-10-3-1-4-11(17(20)21)12(10)14(19)16(13)8-2-7-15-9-5-6-9/h1,3-4,9,15H,2,5-8H2. The molecular weight excluding hydrogens is 274 g/mol. The Bertz CT molecular complexity index is 625. The van der Waals surface area contributed by atoms with Crippen LogP contribution < -0.4 is 5.32 Å². The van der Waals surface area contributed by atoms with Crippen molar-refractivity contribution in [3.8, 4) is 0 Å². The molecule has 0 atom stereocenters. The van der Waals surface area contributed by atoms with E-state index in [4.69, 9.17) is 0 Å². The first-order chi connectivity index (χ1) is 10.1. The molecule has 0 saturated heterocycles. The second kappa shape index (κ2) is 5.25. The van der Waals surface area contributed by atoms with Crippen LogP contribution in [0.25, 0.3) is 0 Å². The summed E-state index contributed by atoms with van der Waals surface area (Å²) in [6.45, 7) is 1.02. The van der Waals surface area contributed by atoms with Crippen LogP contribution in [0, 0.1) is 10.1 Å². The number of amides is 2. The van der Waals surface area contributed by atoms with Crippen molar-refractivity contribution in [3.05, 3.63) is 39.4 Å². The van der Waals surface area contributed by atoms with E-state index in [9.17, 15) is 19.7 Å². The van der Waals surface area contributed by atoms with Gasteiger partial charge >= 0.3 is 0 Å². The molecule has 1 aromatic rings. The largest absolute Gasteiger partial charge is 0.314 e. The second-order valence-electron chi connectivity index (χ2n) is 5.30. The fourth-order valence-electron chi connectivity index (χ4n) is 2.50. The second-order valence-corrected chi connectivity index (χ2v) is 5.30. The molecule has 7 nitrogen and oxygen atoms in total. The van der Waals surface area contributed by atoms with Crippen molar-refractivity contribution in [2.24, 2.45) is 0 Å². The van der Waals surface area contributed by atoms with E-state index in [2.05, 4.69) is 5.32 Å². The van der Waals surface area contributed by atoms with Gasteiger partial charge < -0.3 is 5.32 Å². The molecule has 3 rings (SSSR count). The van der Waals surface area contributed by atoms with E-state index in [1.54, 1.807) is 0 Å². The highest BCUT2D eigenvalue weighted by molar-refractivity contribution is 6.23. The van der Waals surface area contributed by atoms with Gasteiger partial charge in [0.15, 0.2) is 0 Å².